The molecule has 0 spiro atoms. The van der Waals surface area contributed by atoms with E-state index < -0.39 is 0 Å². The Morgan fingerprint density at radius 1 is 1.50 bits per heavy atom. The summed E-state index contributed by atoms with van der Waals surface area (Å²) in [6.45, 7) is 2.64. The number of fused-ring (bicyclic) bond motifs is 1. The molecule has 2 aromatic rings. The summed E-state index contributed by atoms with van der Waals surface area (Å²) in [5.41, 5.74) is 6.88. The molecule has 0 unspecified atom stereocenters. The first-order valence-corrected chi connectivity index (χ1v) is 5.83. The molecule has 0 aliphatic carbocycles. The Labute approximate surface area is 96.7 Å². The molecule has 84 valence electrons. The standard InChI is InChI=1S/C10H12N4OS/c1-2-3-13-9(15)8-6(11)7-10(16-8)14-5-4-12-7/h4-5H,2-3,11H2,1H3,(H,13,15). The second-order valence-corrected chi connectivity index (χ2v) is 4.31. The number of anilines is 1. The van der Waals surface area contributed by atoms with Gasteiger partial charge in [0.25, 0.3) is 5.91 Å². The Hall–Kier alpha value is -1.69. The Morgan fingerprint density at radius 3 is 2.94 bits per heavy atom. The topological polar surface area (TPSA) is 80.9 Å². The van der Waals surface area contributed by atoms with Crippen LogP contribution in [0.2, 0.25) is 0 Å². The lowest BCUT2D eigenvalue weighted by Crippen LogP contribution is -2.23. The van der Waals surface area contributed by atoms with Gasteiger partial charge in [0.2, 0.25) is 0 Å². The fourth-order valence-corrected chi connectivity index (χ4v) is 2.27. The van der Waals surface area contributed by atoms with Gasteiger partial charge in [0, 0.05) is 18.9 Å². The van der Waals surface area contributed by atoms with Crippen molar-refractivity contribution in [1.29, 1.82) is 0 Å². The van der Waals surface area contributed by atoms with E-state index in [1.54, 1.807) is 12.4 Å². The van der Waals surface area contributed by atoms with Gasteiger partial charge in [-0.3, -0.25) is 4.79 Å². The van der Waals surface area contributed by atoms with Crippen molar-refractivity contribution in [2.24, 2.45) is 0 Å². The third-order valence-electron chi connectivity index (χ3n) is 2.10. The molecule has 0 aliphatic heterocycles. The molecule has 5 nitrogen and oxygen atoms in total. The molecule has 0 atom stereocenters. The van der Waals surface area contributed by atoms with Crippen molar-refractivity contribution in [3.05, 3.63) is 17.3 Å². The average molecular weight is 236 g/mol. The normalized spacial score (nSPS) is 10.6. The van der Waals surface area contributed by atoms with E-state index in [1.807, 2.05) is 6.92 Å². The molecular weight excluding hydrogens is 224 g/mol. The van der Waals surface area contributed by atoms with Crippen molar-refractivity contribution in [2.75, 3.05) is 12.3 Å². The largest absolute Gasteiger partial charge is 0.396 e. The maximum absolute atomic E-state index is 11.8. The van der Waals surface area contributed by atoms with Gasteiger partial charge in [0.1, 0.15) is 15.2 Å². The van der Waals surface area contributed by atoms with E-state index in [2.05, 4.69) is 15.3 Å². The van der Waals surface area contributed by atoms with E-state index in [1.165, 1.54) is 11.3 Å². The minimum atomic E-state index is -0.149. The van der Waals surface area contributed by atoms with Crippen molar-refractivity contribution >= 4 is 33.3 Å². The smallest absolute Gasteiger partial charge is 0.263 e. The first-order chi connectivity index (χ1) is 7.74. The minimum Gasteiger partial charge on any atom is -0.396 e. The van der Waals surface area contributed by atoms with Crippen LogP contribution >= 0.6 is 11.3 Å². The average Bonchev–Trinajstić information content (AvgIpc) is 2.64. The highest BCUT2D eigenvalue weighted by molar-refractivity contribution is 7.21. The van der Waals surface area contributed by atoms with E-state index in [0.29, 0.717) is 27.5 Å². The number of rotatable bonds is 3. The van der Waals surface area contributed by atoms with Gasteiger partial charge in [-0.1, -0.05) is 6.92 Å². The number of carbonyl (C=O) groups excluding carboxylic acids is 1. The third-order valence-corrected chi connectivity index (χ3v) is 3.21. The number of aromatic nitrogens is 2. The van der Waals surface area contributed by atoms with Crippen LogP contribution in [-0.4, -0.2) is 22.4 Å². The second kappa shape index (κ2) is 4.44. The number of carbonyl (C=O) groups is 1. The first-order valence-electron chi connectivity index (χ1n) is 5.01. The van der Waals surface area contributed by atoms with Gasteiger partial charge in [-0.05, 0) is 6.42 Å². The molecule has 16 heavy (non-hydrogen) atoms. The van der Waals surface area contributed by atoms with Crippen LogP contribution in [-0.2, 0) is 0 Å². The van der Waals surface area contributed by atoms with Crippen molar-refractivity contribution in [1.82, 2.24) is 15.3 Å². The van der Waals surface area contributed by atoms with Gasteiger partial charge in [0.15, 0.2) is 0 Å². The number of amides is 1. The van der Waals surface area contributed by atoms with Crippen LogP contribution in [0.15, 0.2) is 12.4 Å². The van der Waals surface area contributed by atoms with Crippen LogP contribution in [0.3, 0.4) is 0 Å². The number of thiophene rings is 1. The van der Waals surface area contributed by atoms with Gasteiger partial charge in [0.05, 0.1) is 5.69 Å². The molecule has 0 saturated heterocycles. The van der Waals surface area contributed by atoms with Gasteiger partial charge in [-0.2, -0.15) is 0 Å². The Bertz CT molecular complexity index is 523. The van der Waals surface area contributed by atoms with Crippen LogP contribution in [0, 0.1) is 0 Å². The van der Waals surface area contributed by atoms with Gasteiger partial charge >= 0.3 is 0 Å². The van der Waals surface area contributed by atoms with Gasteiger partial charge < -0.3 is 11.1 Å². The first kappa shape index (κ1) is 10.8. The number of nitrogen functional groups attached to an aromatic ring is 1. The summed E-state index contributed by atoms with van der Waals surface area (Å²) in [6.07, 6.45) is 4.05. The molecule has 2 rings (SSSR count). The summed E-state index contributed by atoms with van der Waals surface area (Å²) in [5.74, 6) is -0.149. The van der Waals surface area contributed by atoms with E-state index in [-0.39, 0.29) is 5.91 Å². The molecular formula is C10H12N4OS. The molecule has 0 bridgehead atoms. The van der Waals surface area contributed by atoms with E-state index >= 15 is 0 Å². The summed E-state index contributed by atoms with van der Waals surface area (Å²) >= 11 is 1.27. The highest BCUT2D eigenvalue weighted by Gasteiger charge is 2.16. The molecule has 0 fully saturated rings. The molecule has 1 amide bonds. The summed E-state index contributed by atoms with van der Waals surface area (Å²) in [5, 5.41) is 2.79. The summed E-state index contributed by atoms with van der Waals surface area (Å²) in [6, 6.07) is 0. The number of nitrogens with two attached hydrogens (primary N) is 1. The van der Waals surface area contributed by atoms with Crippen molar-refractivity contribution in [2.45, 2.75) is 13.3 Å². The zero-order chi connectivity index (χ0) is 11.5. The van der Waals surface area contributed by atoms with Crippen molar-refractivity contribution in [3.8, 4) is 0 Å². The fraction of sp³-hybridized carbons (Fsp3) is 0.300. The van der Waals surface area contributed by atoms with Crippen LogP contribution < -0.4 is 11.1 Å². The van der Waals surface area contributed by atoms with Crippen molar-refractivity contribution in [3.63, 3.8) is 0 Å². The summed E-state index contributed by atoms with van der Waals surface area (Å²) in [7, 11) is 0. The lowest BCUT2D eigenvalue weighted by atomic mass is 10.3. The predicted molar refractivity (Wildman–Crippen MR) is 64.5 cm³/mol. The van der Waals surface area contributed by atoms with E-state index in [9.17, 15) is 4.79 Å². The van der Waals surface area contributed by atoms with E-state index in [0.717, 1.165) is 6.42 Å². The van der Waals surface area contributed by atoms with E-state index in [4.69, 9.17) is 5.73 Å². The Balaban J connectivity index is 2.37. The quantitative estimate of drug-likeness (QED) is 0.844. The fourth-order valence-electron chi connectivity index (χ4n) is 1.33. The van der Waals surface area contributed by atoms with Gasteiger partial charge in [-0.25, -0.2) is 9.97 Å². The van der Waals surface area contributed by atoms with Crippen LogP contribution in [0.4, 0.5) is 5.69 Å². The summed E-state index contributed by atoms with van der Waals surface area (Å²) in [4.78, 5) is 21.2. The molecule has 0 aromatic carbocycles. The minimum absolute atomic E-state index is 0.149. The highest BCUT2D eigenvalue weighted by atomic mass is 32.1. The van der Waals surface area contributed by atoms with Crippen LogP contribution in [0.25, 0.3) is 10.3 Å². The molecule has 3 N–H and O–H groups in total. The molecule has 0 saturated carbocycles. The monoisotopic (exact) mass is 236 g/mol. The molecule has 6 heteroatoms. The Morgan fingerprint density at radius 2 is 2.25 bits per heavy atom. The molecule has 0 aliphatic rings. The molecule has 2 heterocycles. The zero-order valence-corrected chi connectivity index (χ0v) is 9.67. The van der Waals surface area contributed by atoms with Crippen molar-refractivity contribution < 1.29 is 4.79 Å². The molecule has 2 aromatic heterocycles. The number of nitrogens with one attached hydrogen (secondary N) is 1. The third kappa shape index (κ3) is 1.83. The number of hydrogen-bond acceptors (Lipinski definition) is 5. The SMILES string of the molecule is CCCNC(=O)c1sc2nccnc2c1N. The lowest BCUT2D eigenvalue weighted by Gasteiger charge is -2.00. The maximum Gasteiger partial charge on any atom is 0.263 e. The van der Waals surface area contributed by atoms with Gasteiger partial charge in [-0.15, -0.1) is 11.3 Å². The van der Waals surface area contributed by atoms with Crippen LogP contribution in [0.1, 0.15) is 23.0 Å². The molecule has 0 radical (unpaired) electrons. The Kier molecular flexibility index (Phi) is 3.00. The summed E-state index contributed by atoms with van der Waals surface area (Å²) < 4.78 is 0. The second-order valence-electron chi connectivity index (χ2n) is 3.31. The maximum atomic E-state index is 11.8. The number of nitrogens with zero attached hydrogens (tertiary/aromatic N) is 2. The predicted octanol–water partition coefficient (Wildman–Crippen LogP) is 1.41. The highest BCUT2D eigenvalue weighted by Crippen LogP contribution is 2.30. The number of hydrogen-bond donors (Lipinski definition) is 2. The van der Waals surface area contributed by atoms with Crippen LogP contribution in [0.5, 0.6) is 0 Å². The zero-order valence-electron chi connectivity index (χ0n) is 8.86. The lowest BCUT2D eigenvalue weighted by molar-refractivity contribution is 0.0958.